The topological polar surface area (TPSA) is 97.0 Å². The minimum Gasteiger partial charge on any atom is -0.453 e. The second kappa shape index (κ2) is 8.15. The number of hydrogen-bond donors (Lipinski definition) is 1. The van der Waals surface area contributed by atoms with Gasteiger partial charge in [-0.1, -0.05) is 13.8 Å². The standard InChI is InChI=1S/C18H28N4O3/c1-11(2)18(6,10-19)20-17(24)14(5)25-16(23)9-8-15-12(3)21-22(7)13(15)4/h11,14H,8-9H2,1-7H3,(H,20,24). The van der Waals surface area contributed by atoms with Gasteiger partial charge in [-0.05, 0) is 45.6 Å². The largest absolute Gasteiger partial charge is 0.453 e. The molecule has 138 valence electrons. The van der Waals surface area contributed by atoms with E-state index >= 15 is 0 Å². The van der Waals surface area contributed by atoms with Gasteiger partial charge < -0.3 is 10.1 Å². The zero-order chi connectivity index (χ0) is 19.4. The number of nitrogens with one attached hydrogen (secondary N) is 1. The zero-order valence-electron chi connectivity index (χ0n) is 16.1. The highest BCUT2D eigenvalue weighted by atomic mass is 16.5. The van der Waals surface area contributed by atoms with Crippen LogP contribution in [0.15, 0.2) is 0 Å². The molecule has 0 aliphatic rings. The minimum atomic E-state index is -0.998. The molecule has 1 aromatic rings. The summed E-state index contributed by atoms with van der Waals surface area (Å²) in [6.07, 6.45) is -0.263. The van der Waals surface area contributed by atoms with E-state index in [1.54, 1.807) is 11.6 Å². The van der Waals surface area contributed by atoms with E-state index < -0.39 is 23.5 Å². The van der Waals surface area contributed by atoms with Crippen LogP contribution >= 0.6 is 0 Å². The molecular formula is C18H28N4O3. The number of rotatable bonds is 7. The van der Waals surface area contributed by atoms with Crippen LogP contribution in [0, 0.1) is 31.1 Å². The van der Waals surface area contributed by atoms with Gasteiger partial charge >= 0.3 is 5.97 Å². The van der Waals surface area contributed by atoms with E-state index in [9.17, 15) is 14.9 Å². The van der Waals surface area contributed by atoms with Crippen molar-refractivity contribution in [2.75, 3.05) is 0 Å². The molecule has 0 spiro atoms. The van der Waals surface area contributed by atoms with Crippen LogP contribution < -0.4 is 5.32 Å². The fourth-order valence-electron chi connectivity index (χ4n) is 2.37. The number of amides is 1. The molecule has 2 unspecified atom stereocenters. The number of nitriles is 1. The molecule has 0 bridgehead atoms. The molecule has 0 aliphatic carbocycles. The molecule has 7 heteroatoms. The molecule has 1 aromatic heterocycles. The minimum absolute atomic E-state index is 0.0686. The molecule has 0 aromatic carbocycles. The summed E-state index contributed by atoms with van der Waals surface area (Å²) in [5.41, 5.74) is 1.92. The summed E-state index contributed by atoms with van der Waals surface area (Å²) in [6.45, 7) is 10.7. The quantitative estimate of drug-likeness (QED) is 0.760. The number of esters is 1. The second-order valence-corrected chi connectivity index (χ2v) is 6.86. The van der Waals surface area contributed by atoms with Crippen LogP contribution in [-0.4, -0.2) is 33.3 Å². The van der Waals surface area contributed by atoms with E-state index in [2.05, 4.69) is 16.5 Å². The van der Waals surface area contributed by atoms with Crippen molar-refractivity contribution in [2.45, 2.75) is 66.0 Å². The van der Waals surface area contributed by atoms with Gasteiger partial charge in [-0.2, -0.15) is 10.4 Å². The first-order valence-corrected chi connectivity index (χ1v) is 8.43. The number of aromatic nitrogens is 2. The van der Waals surface area contributed by atoms with Crippen molar-refractivity contribution >= 4 is 11.9 Å². The Morgan fingerprint density at radius 1 is 1.36 bits per heavy atom. The molecule has 1 heterocycles. The van der Waals surface area contributed by atoms with E-state index in [4.69, 9.17) is 4.74 Å². The molecule has 0 aliphatic heterocycles. The van der Waals surface area contributed by atoms with Crippen LogP contribution in [0.2, 0.25) is 0 Å². The molecule has 0 saturated heterocycles. The Hall–Kier alpha value is -2.36. The highest BCUT2D eigenvalue weighted by Gasteiger charge is 2.32. The van der Waals surface area contributed by atoms with E-state index in [0.717, 1.165) is 17.0 Å². The third kappa shape index (κ3) is 5.05. The van der Waals surface area contributed by atoms with Crippen molar-refractivity contribution in [3.63, 3.8) is 0 Å². The van der Waals surface area contributed by atoms with Crippen LogP contribution in [0.4, 0.5) is 0 Å². The molecule has 0 fully saturated rings. The van der Waals surface area contributed by atoms with Crippen molar-refractivity contribution in [2.24, 2.45) is 13.0 Å². The van der Waals surface area contributed by atoms with Gasteiger partial charge in [0.15, 0.2) is 6.10 Å². The first-order valence-electron chi connectivity index (χ1n) is 8.43. The zero-order valence-corrected chi connectivity index (χ0v) is 16.1. The summed E-state index contributed by atoms with van der Waals surface area (Å²) in [5.74, 6) is -0.991. The predicted molar refractivity (Wildman–Crippen MR) is 93.6 cm³/mol. The first-order chi connectivity index (χ1) is 11.5. The maximum Gasteiger partial charge on any atom is 0.306 e. The average Bonchev–Trinajstić information content (AvgIpc) is 2.77. The van der Waals surface area contributed by atoms with Gasteiger partial charge in [-0.15, -0.1) is 0 Å². The average molecular weight is 348 g/mol. The second-order valence-electron chi connectivity index (χ2n) is 6.86. The Bertz CT molecular complexity index is 687. The summed E-state index contributed by atoms with van der Waals surface area (Å²) in [6, 6.07) is 2.10. The third-order valence-electron chi connectivity index (χ3n) is 4.69. The Kier molecular flexibility index (Phi) is 6.74. The van der Waals surface area contributed by atoms with Crippen molar-refractivity contribution < 1.29 is 14.3 Å². The van der Waals surface area contributed by atoms with Crippen molar-refractivity contribution in [3.8, 4) is 6.07 Å². The molecule has 25 heavy (non-hydrogen) atoms. The summed E-state index contributed by atoms with van der Waals surface area (Å²) < 4.78 is 6.98. The lowest BCUT2D eigenvalue weighted by molar-refractivity contribution is -0.155. The van der Waals surface area contributed by atoms with Crippen LogP contribution in [-0.2, 0) is 27.8 Å². The number of carbonyl (C=O) groups excluding carboxylic acids is 2. The Morgan fingerprint density at radius 3 is 2.40 bits per heavy atom. The lowest BCUT2D eigenvalue weighted by atomic mass is 9.90. The fraction of sp³-hybridized carbons (Fsp3) is 0.667. The molecule has 1 amide bonds. The molecule has 1 N–H and O–H groups in total. The molecule has 2 atom stereocenters. The Balaban J connectivity index is 2.59. The summed E-state index contributed by atoms with van der Waals surface area (Å²) in [4.78, 5) is 24.2. The van der Waals surface area contributed by atoms with Crippen LogP contribution in [0.1, 0.15) is 51.1 Å². The van der Waals surface area contributed by atoms with Crippen LogP contribution in [0.5, 0.6) is 0 Å². The van der Waals surface area contributed by atoms with Crippen molar-refractivity contribution in [1.29, 1.82) is 5.26 Å². The summed E-state index contributed by atoms with van der Waals surface area (Å²) >= 11 is 0. The van der Waals surface area contributed by atoms with E-state index in [1.165, 1.54) is 6.92 Å². The molecule has 0 radical (unpaired) electrons. The lowest BCUT2D eigenvalue weighted by Gasteiger charge is -2.28. The van der Waals surface area contributed by atoms with Gasteiger partial charge in [-0.3, -0.25) is 14.3 Å². The van der Waals surface area contributed by atoms with Crippen LogP contribution in [0.25, 0.3) is 0 Å². The van der Waals surface area contributed by atoms with E-state index in [1.807, 2.05) is 34.7 Å². The Morgan fingerprint density at radius 2 is 1.96 bits per heavy atom. The maximum absolute atomic E-state index is 12.2. The molecule has 1 rings (SSSR count). The fourth-order valence-corrected chi connectivity index (χ4v) is 2.37. The molecule has 0 saturated carbocycles. The van der Waals surface area contributed by atoms with E-state index in [-0.39, 0.29) is 12.3 Å². The predicted octanol–water partition coefficient (Wildman–Crippen LogP) is 1.96. The van der Waals surface area contributed by atoms with Gasteiger partial charge in [-0.25, -0.2) is 0 Å². The third-order valence-corrected chi connectivity index (χ3v) is 4.69. The van der Waals surface area contributed by atoms with Gasteiger partial charge in [0.1, 0.15) is 5.54 Å². The highest BCUT2D eigenvalue weighted by molar-refractivity contribution is 5.84. The van der Waals surface area contributed by atoms with Gasteiger partial charge in [0.2, 0.25) is 0 Å². The number of hydrogen-bond acceptors (Lipinski definition) is 5. The van der Waals surface area contributed by atoms with Gasteiger partial charge in [0.05, 0.1) is 11.8 Å². The van der Waals surface area contributed by atoms with Crippen LogP contribution in [0.3, 0.4) is 0 Å². The lowest BCUT2D eigenvalue weighted by Crippen LogP contribution is -2.52. The molecular weight excluding hydrogens is 320 g/mol. The normalized spacial score (nSPS) is 14.5. The monoisotopic (exact) mass is 348 g/mol. The summed E-state index contributed by atoms with van der Waals surface area (Å²) in [5, 5.41) is 16.2. The van der Waals surface area contributed by atoms with E-state index in [0.29, 0.717) is 6.42 Å². The SMILES string of the molecule is Cc1nn(C)c(C)c1CCC(=O)OC(C)C(=O)NC(C)(C#N)C(C)C. The van der Waals surface area contributed by atoms with Gasteiger partial charge in [0.25, 0.3) is 5.91 Å². The summed E-state index contributed by atoms with van der Waals surface area (Å²) in [7, 11) is 1.86. The number of carbonyl (C=O) groups is 2. The first kappa shape index (κ1) is 20.7. The Labute approximate surface area is 149 Å². The molecule has 7 nitrogen and oxygen atoms in total. The number of nitrogens with zero attached hydrogens (tertiary/aromatic N) is 3. The smallest absolute Gasteiger partial charge is 0.306 e. The maximum atomic E-state index is 12.2. The van der Waals surface area contributed by atoms with Gasteiger partial charge in [0, 0.05) is 19.2 Å². The highest BCUT2D eigenvalue weighted by Crippen LogP contribution is 2.16. The van der Waals surface area contributed by atoms with Crippen molar-refractivity contribution in [3.05, 3.63) is 17.0 Å². The number of ether oxygens (including phenoxy) is 1. The number of aryl methyl sites for hydroxylation is 2. The van der Waals surface area contributed by atoms with Crippen molar-refractivity contribution in [1.82, 2.24) is 15.1 Å².